The molecule has 3 rings (SSSR count). The molecular formula is C16H13N3O5S2. The summed E-state index contributed by atoms with van der Waals surface area (Å²) in [5, 5.41) is 5.36. The Bertz CT molecular complexity index is 1160. The summed E-state index contributed by atoms with van der Waals surface area (Å²) in [5.74, 6) is 0.439. The molecule has 10 heteroatoms. The molecule has 2 aromatic carbocycles. The third-order valence-corrected chi connectivity index (χ3v) is 4.99. The molecule has 1 heterocycles. The largest absolute Gasteiger partial charge is 0.445 e. The smallest absolute Gasteiger partial charge is 0.311 e. The first-order valence-electron chi connectivity index (χ1n) is 7.28. The van der Waals surface area contributed by atoms with Crippen molar-refractivity contribution in [3.05, 3.63) is 60.5 Å². The molecule has 0 amide bonds. The van der Waals surface area contributed by atoms with Crippen LogP contribution in [0, 0.1) is 0 Å². The van der Waals surface area contributed by atoms with E-state index in [4.69, 9.17) is 9.56 Å². The molecule has 0 saturated carbocycles. The van der Waals surface area contributed by atoms with Gasteiger partial charge in [-0.1, -0.05) is 30.3 Å². The van der Waals surface area contributed by atoms with Gasteiger partial charge < -0.3 is 4.42 Å². The molecule has 2 N–H and O–H groups in total. The predicted octanol–water partition coefficient (Wildman–Crippen LogP) is 2.22. The maximum atomic E-state index is 12.1. The lowest BCUT2D eigenvalue weighted by Crippen LogP contribution is -2.16. The van der Waals surface area contributed by atoms with E-state index >= 15 is 0 Å². The highest BCUT2D eigenvalue weighted by Gasteiger charge is 2.20. The Balaban J connectivity index is 2.12. The predicted molar refractivity (Wildman–Crippen MR) is 93.8 cm³/mol. The van der Waals surface area contributed by atoms with Crippen molar-refractivity contribution in [2.45, 2.75) is 11.4 Å². The van der Waals surface area contributed by atoms with Gasteiger partial charge >= 0.3 is 10.5 Å². The minimum absolute atomic E-state index is 0.155. The zero-order valence-electron chi connectivity index (χ0n) is 13.2. The second-order valence-corrected chi connectivity index (χ2v) is 7.45. The van der Waals surface area contributed by atoms with Crippen LogP contribution in [0.3, 0.4) is 0 Å². The van der Waals surface area contributed by atoms with Crippen molar-refractivity contribution in [2.24, 2.45) is 9.50 Å². The first-order valence-corrected chi connectivity index (χ1v) is 9.86. The van der Waals surface area contributed by atoms with E-state index < -0.39 is 20.5 Å². The number of aromatic nitrogens is 1. The van der Waals surface area contributed by atoms with E-state index in [1.807, 2.05) is 0 Å². The average Bonchev–Trinajstić information content (AvgIpc) is 3.13. The molecule has 134 valence electrons. The Hall–Kier alpha value is -2.82. The van der Waals surface area contributed by atoms with Crippen molar-refractivity contribution in [1.82, 2.24) is 4.98 Å². The summed E-state index contributed by atoms with van der Waals surface area (Å²) >= 11 is 0. The fraction of sp³-hybridized carbons (Fsp3) is 0.0625. The first-order chi connectivity index (χ1) is 12.4. The zero-order chi connectivity index (χ0) is 18.7. The number of oxazole rings is 1. The van der Waals surface area contributed by atoms with Crippen molar-refractivity contribution >= 4 is 20.5 Å². The fourth-order valence-electron chi connectivity index (χ4n) is 2.55. The van der Waals surface area contributed by atoms with Gasteiger partial charge in [-0.15, -0.1) is 0 Å². The first kappa shape index (κ1) is 18.0. The molecule has 26 heavy (non-hydrogen) atoms. The van der Waals surface area contributed by atoms with Crippen LogP contribution in [0.5, 0.6) is 0 Å². The van der Waals surface area contributed by atoms with Crippen LogP contribution in [-0.4, -0.2) is 21.8 Å². The number of benzene rings is 2. The van der Waals surface area contributed by atoms with Gasteiger partial charge in [0.1, 0.15) is 6.26 Å². The number of sulfonamides is 1. The molecule has 0 atom stereocenters. The van der Waals surface area contributed by atoms with Crippen molar-refractivity contribution in [3.63, 3.8) is 0 Å². The molecule has 0 aliphatic rings. The van der Waals surface area contributed by atoms with Crippen molar-refractivity contribution in [1.29, 1.82) is 0 Å². The van der Waals surface area contributed by atoms with E-state index in [0.717, 1.165) is 5.56 Å². The molecule has 0 saturated heterocycles. The molecule has 0 radical (unpaired) electrons. The highest BCUT2D eigenvalue weighted by Crippen LogP contribution is 2.31. The van der Waals surface area contributed by atoms with Gasteiger partial charge in [-0.3, -0.25) is 0 Å². The Kier molecular flexibility index (Phi) is 4.98. The SMILES string of the molecule is NS(=O)(=O)c1c(CN=S(=O)=O)cccc1-c1ccc(-c2ncco2)cc1. The molecule has 0 unspecified atom stereocenters. The maximum Gasteiger partial charge on any atom is 0.311 e. The quantitative estimate of drug-likeness (QED) is 0.709. The van der Waals surface area contributed by atoms with Gasteiger partial charge in [-0.05, 0) is 23.3 Å². The van der Waals surface area contributed by atoms with Gasteiger partial charge in [-0.2, -0.15) is 12.8 Å². The lowest BCUT2D eigenvalue weighted by Gasteiger charge is -2.12. The number of nitrogens with two attached hydrogens (primary N) is 1. The summed E-state index contributed by atoms with van der Waals surface area (Å²) in [7, 11) is -6.76. The molecule has 0 fully saturated rings. The van der Waals surface area contributed by atoms with Crippen molar-refractivity contribution in [2.75, 3.05) is 0 Å². The van der Waals surface area contributed by atoms with Crippen LogP contribution >= 0.6 is 0 Å². The molecule has 3 aromatic rings. The Labute approximate surface area is 151 Å². The van der Waals surface area contributed by atoms with E-state index in [2.05, 4.69) is 9.35 Å². The van der Waals surface area contributed by atoms with Crippen LogP contribution in [0.1, 0.15) is 5.56 Å². The van der Waals surface area contributed by atoms with Crippen LogP contribution in [0.4, 0.5) is 0 Å². The van der Waals surface area contributed by atoms with Crippen molar-refractivity contribution in [3.8, 4) is 22.6 Å². The molecule has 0 aliphatic heterocycles. The summed E-state index contributed by atoms with van der Waals surface area (Å²) < 4.78 is 54.1. The number of hydrogen-bond acceptors (Lipinski definition) is 7. The van der Waals surface area contributed by atoms with Gasteiger partial charge in [-0.25, -0.2) is 18.5 Å². The summed E-state index contributed by atoms with van der Waals surface area (Å²) in [6, 6.07) is 11.6. The molecular weight excluding hydrogens is 378 g/mol. The molecule has 1 aromatic heterocycles. The summed E-state index contributed by atoms with van der Waals surface area (Å²) in [5.41, 5.74) is 1.88. The van der Waals surface area contributed by atoms with E-state index in [1.165, 1.54) is 18.5 Å². The van der Waals surface area contributed by atoms with E-state index in [1.54, 1.807) is 36.4 Å². The van der Waals surface area contributed by atoms with Crippen LogP contribution in [0.15, 0.2) is 68.6 Å². The minimum atomic E-state index is -4.11. The topological polar surface area (TPSA) is 133 Å². The fourth-order valence-corrected chi connectivity index (χ4v) is 3.79. The Morgan fingerprint density at radius 1 is 1.08 bits per heavy atom. The molecule has 0 aliphatic carbocycles. The van der Waals surface area contributed by atoms with Crippen LogP contribution in [0.2, 0.25) is 0 Å². The van der Waals surface area contributed by atoms with Crippen LogP contribution in [-0.2, 0) is 27.1 Å². The highest BCUT2D eigenvalue weighted by atomic mass is 32.2. The van der Waals surface area contributed by atoms with Gasteiger partial charge in [0.2, 0.25) is 15.9 Å². The van der Waals surface area contributed by atoms with Crippen molar-refractivity contribution < 1.29 is 21.3 Å². The number of hydrogen-bond donors (Lipinski definition) is 1. The second kappa shape index (κ2) is 7.20. The summed E-state index contributed by atoms with van der Waals surface area (Å²) in [6.45, 7) is -0.315. The maximum absolute atomic E-state index is 12.1. The standard InChI is InChI=1S/C16H13N3O5S2/c17-26(22,23)15-13(10-19-25(20)21)2-1-3-14(15)11-4-6-12(7-5-11)16-18-8-9-24-16/h1-9H,10H2,(H2,17,22,23). The van der Waals surface area contributed by atoms with Crippen LogP contribution < -0.4 is 5.14 Å². The lowest BCUT2D eigenvalue weighted by molar-refractivity contribution is 0.574. The number of nitrogens with zero attached hydrogens (tertiary/aromatic N) is 2. The minimum Gasteiger partial charge on any atom is -0.445 e. The number of rotatable bonds is 5. The zero-order valence-corrected chi connectivity index (χ0v) is 14.9. The molecule has 0 bridgehead atoms. The van der Waals surface area contributed by atoms with E-state index in [0.29, 0.717) is 17.0 Å². The summed E-state index contributed by atoms with van der Waals surface area (Å²) in [6.07, 6.45) is 2.98. The third-order valence-electron chi connectivity index (χ3n) is 3.60. The monoisotopic (exact) mass is 391 g/mol. The van der Waals surface area contributed by atoms with Gasteiger partial charge in [0.25, 0.3) is 0 Å². The third kappa shape index (κ3) is 3.87. The highest BCUT2D eigenvalue weighted by molar-refractivity contribution is 7.89. The Morgan fingerprint density at radius 3 is 2.35 bits per heavy atom. The number of primary sulfonamides is 1. The normalized spacial score (nSPS) is 11.3. The van der Waals surface area contributed by atoms with Gasteiger partial charge in [0.05, 0.1) is 17.6 Å². The molecule has 0 spiro atoms. The van der Waals surface area contributed by atoms with Gasteiger partial charge in [0.15, 0.2) is 0 Å². The lowest BCUT2D eigenvalue weighted by atomic mass is 10.0. The van der Waals surface area contributed by atoms with E-state index in [-0.39, 0.29) is 17.0 Å². The Morgan fingerprint density at radius 2 is 1.77 bits per heavy atom. The average molecular weight is 391 g/mol. The van der Waals surface area contributed by atoms with Crippen LogP contribution in [0.25, 0.3) is 22.6 Å². The summed E-state index contributed by atoms with van der Waals surface area (Å²) in [4.78, 5) is 3.89. The van der Waals surface area contributed by atoms with E-state index in [9.17, 15) is 16.8 Å². The molecule has 8 nitrogen and oxygen atoms in total. The second-order valence-electron chi connectivity index (χ2n) is 5.26. The van der Waals surface area contributed by atoms with Gasteiger partial charge in [0, 0.05) is 11.1 Å².